The Morgan fingerprint density at radius 3 is 2.88 bits per heavy atom. The molecule has 1 aliphatic carbocycles. The van der Waals surface area contributed by atoms with Crippen LogP contribution in [0.2, 0.25) is 0 Å². The van der Waals surface area contributed by atoms with Crippen LogP contribution in [0.4, 0.5) is 4.39 Å². The fourth-order valence-electron chi connectivity index (χ4n) is 2.45. The van der Waals surface area contributed by atoms with Gasteiger partial charge in [-0.1, -0.05) is 11.2 Å². The van der Waals surface area contributed by atoms with Gasteiger partial charge in [0.2, 0.25) is 5.89 Å². The largest absolute Gasteiger partial charge is 0.490 e. The van der Waals surface area contributed by atoms with Gasteiger partial charge in [-0.05, 0) is 43.4 Å². The van der Waals surface area contributed by atoms with Gasteiger partial charge in [-0.2, -0.15) is 4.98 Å². The minimum absolute atomic E-state index is 0.139. The third kappa shape index (κ3) is 4.93. The Kier molecular flexibility index (Phi) is 5.70. The van der Waals surface area contributed by atoms with Crippen molar-refractivity contribution in [3.8, 4) is 5.75 Å². The average Bonchev–Trinajstić information content (AvgIpc) is 3.37. The number of nitrogens with one attached hydrogen (secondary N) is 2. The number of aliphatic imine (C=N–C) groups is 1. The first-order valence-corrected chi connectivity index (χ1v) is 8.73. The van der Waals surface area contributed by atoms with E-state index in [4.69, 9.17) is 9.26 Å². The van der Waals surface area contributed by atoms with Crippen LogP contribution in [0.3, 0.4) is 0 Å². The van der Waals surface area contributed by atoms with Gasteiger partial charge in [0, 0.05) is 14.0 Å². The molecule has 0 aliphatic heterocycles. The number of halogens is 1. The van der Waals surface area contributed by atoms with Crippen molar-refractivity contribution in [3.05, 3.63) is 41.3 Å². The van der Waals surface area contributed by atoms with E-state index in [0.29, 0.717) is 42.5 Å². The second-order valence-electron chi connectivity index (χ2n) is 6.47. The summed E-state index contributed by atoms with van der Waals surface area (Å²) < 4.78 is 24.7. The summed E-state index contributed by atoms with van der Waals surface area (Å²) in [6.45, 7) is 4.64. The lowest BCUT2D eigenvalue weighted by Crippen LogP contribution is -2.38. The Labute approximate surface area is 152 Å². The molecule has 26 heavy (non-hydrogen) atoms. The monoisotopic (exact) mass is 361 g/mol. The lowest BCUT2D eigenvalue weighted by molar-refractivity contribution is 0.285. The molecule has 7 nitrogen and oxygen atoms in total. The molecule has 2 N–H and O–H groups in total. The molecule has 0 saturated heterocycles. The van der Waals surface area contributed by atoms with E-state index in [9.17, 15) is 4.39 Å². The van der Waals surface area contributed by atoms with Gasteiger partial charge in [-0.15, -0.1) is 0 Å². The molecule has 140 valence electrons. The van der Waals surface area contributed by atoms with Crippen molar-refractivity contribution in [3.63, 3.8) is 0 Å². The third-order valence-electron chi connectivity index (χ3n) is 4.19. The number of hydrogen-bond acceptors (Lipinski definition) is 5. The second-order valence-corrected chi connectivity index (χ2v) is 6.47. The fraction of sp³-hybridized carbons (Fsp3) is 0.500. The van der Waals surface area contributed by atoms with E-state index < -0.39 is 0 Å². The van der Waals surface area contributed by atoms with Gasteiger partial charge < -0.3 is 19.9 Å². The minimum Gasteiger partial charge on any atom is -0.490 e. The molecule has 1 aromatic carbocycles. The molecule has 1 aromatic heterocycles. The molecule has 1 atom stereocenters. The minimum atomic E-state index is -0.345. The highest BCUT2D eigenvalue weighted by atomic mass is 19.1. The van der Waals surface area contributed by atoms with E-state index in [0.717, 1.165) is 5.56 Å². The Morgan fingerprint density at radius 2 is 2.27 bits per heavy atom. The molecule has 1 aliphatic rings. The summed E-state index contributed by atoms with van der Waals surface area (Å²) in [5.74, 6) is 2.17. The number of ether oxygens (including phenoxy) is 1. The number of hydrogen-bond donors (Lipinski definition) is 2. The van der Waals surface area contributed by atoms with Crippen LogP contribution in [0.5, 0.6) is 5.75 Å². The van der Waals surface area contributed by atoms with E-state index in [-0.39, 0.29) is 11.9 Å². The number of aromatic nitrogens is 2. The van der Waals surface area contributed by atoms with Gasteiger partial charge in [0.05, 0.1) is 19.2 Å². The van der Waals surface area contributed by atoms with E-state index in [2.05, 4.69) is 25.8 Å². The van der Waals surface area contributed by atoms with Crippen LogP contribution in [-0.2, 0) is 6.54 Å². The van der Waals surface area contributed by atoms with E-state index in [1.807, 2.05) is 13.0 Å². The third-order valence-corrected chi connectivity index (χ3v) is 4.19. The first-order valence-electron chi connectivity index (χ1n) is 8.73. The highest BCUT2D eigenvalue weighted by Gasteiger charge is 2.22. The normalized spacial score (nSPS) is 15.6. The predicted molar refractivity (Wildman–Crippen MR) is 95.4 cm³/mol. The zero-order chi connectivity index (χ0) is 18.5. The highest BCUT2D eigenvalue weighted by molar-refractivity contribution is 5.80. The Bertz CT molecular complexity index is 773. The van der Waals surface area contributed by atoms with Gasteiger partial charge in [-0.25, -0.2) is 4.39 Å². The summed E-state index contributed by atoms with van der Waals surface area (Å²) in [5.41, 5.74) is 0.805. The van der Waals surface area contributed by atoms with Crippen LogP contribution in [-0.4, -0.2) is 29.8 Å². The molecule has 1 fully saturated rings. The first-order chi connectivity index (χ1) is 12.5. The number of rotatable bonds is 7. The molecule has 2 aromatic rings. The Hall–Kier alpha value is -2.64. The number of guanidine groups is 1. The molecule has 8 heteroatoms. The Balaban J connectivity index is 1.54. The van der Waals surface area contributed by atoms with E-state index in [1.165, 1.54) is 18.9 Å². The number of nitrogens with zero attached hydrogens (tertiary/aromatic N) is 3. The molecule has 0 bridgehead atoms. The molecule has 0 radical (unpaired) electrons. The van der Waals surface area contributed by atoms with Crippen LogP contribution in [0.25, 0.3) is 0 Å². The summed E-state index contributed by atoms with van der Waals surface area (Å²) in [6.07, 6.45) is 2.35. The van der Waals surface area contributed by atoms with Crippen molar-refractivity contribution < 1.29 is 13.7 Å². The van der Waals surface area contributed by atoms with Crippen LogP contribution < -0.4 is 15.4 Å². The lowest BCUT2D eigenvalue weighted by atomic mass is 10.1. The van der Waals surface area contributed by atoms with Gasteiger partial charge >= 0.3 is 0 Å². The van der Waals surface area contributed by atoms with Crippen molar-refractivity contribution in [2.45, 2.75) is 39.3 Å². The summed E-state index contributed by atoms with van der Waals surface area (Å²) >= 11 is 0. The lowest BCUT2D eigenvalue weighted by Gasteiger charge is -2.18. The van der Waals surface area contributed by atoms with Crippen LogP contribution in [0.15, 0.2) is 27.7 Å². The molecule has 3 rings (SSSR count). The van der Waals surface area contributed by atoms with Crippen molar-refractivity contribution in [1.29, 1.82) is 0 Å². The topological polar surface area (TPSA) is 84.6 Å². The van der Waals surface area contributed by atoms with Crippen molar-refractivity contribution in [1.82, 2.24) is 20.8 Å². The van der Waals surface area contributed by atoms with Gasteiger partial charge in [0.15, 0.2) is 23.4 Å². The molecule has 0 amide bonds. The maximum atomic E-state index is 14.2. The highest BCUT2D eigenvalue weighted by Crippen LogP contribution is 2.30. The molecular formula is C18H24FN5O2. The van der Waals surface area contributed by atoms with Gasteiger partial charge in [0.1, 0.15) is 0 Å². The number of aryl methyl sites for hydroxylation is 1. The van der Waals surface area contributed by atoms with Crippen LogP contribution >= 0.6 is 0 Å². The summed E-state index contributed by atoms with van der Waals surface area (Å²) in [6, 6.07) is 4.90. The van der Waals surface area contributed by atoms with Crippen molar-refractivity contribution >= 4 is 5.96 Å². The summed E-state index contributed by atoms with van der Waals surface area (Å²) in [4.78, 5) is 8.28. The molecular weight excluding hydrogens is 337 g/mol. The van der Waals surface area contributed by atoms with Gasteiger partial charge in [0.25, 0.3) is 0 Å². The maximum absolute atomic E-state index is 14.2. The van der Waals surface area contributed by atoms with Crippen LogP contribution in [0, 0.1) is 18.7 Å². The molecule has 1 heterocycles. The zero-order valence-corrected chi connectivity index (χ0v) is 15.3. The SMILES string of the molecule is CN=C(NCc1noc(C)n1)NC(C)c1ccc(OCC2CC2)c(F)c1. The maximum Gasteiger partial charge on any atom is 0.223 e. The van der Waals surface area contributed by atoms with E-state index in [1.54, 1.807) is 20.0 Å². The average molecular weight is 361 g/mol. The van der Waals surface area contributed by atoms with Crippen molar-refractivity contribution in [2.75, 3.05) is 13.7 Å². The second kappa shape index (κ2) is 8.16. The Morgan fingerprint density at radius 1 is 1.46 bits per heavy atom. The van der Waals surface area contributed by atoms with E-state index >= 15 is 0 Å². The first kappa shape index (κ1) is 18.2. The van der Waals surface area contributed by atoms with Crippen molar-refractivity contribution in [2.24, 2.45) is 10.9 Å². The number of benzene rings is 1. The zero-order valence-electron chi connectivity index (χ0n) is 15.3. The molecule has 0 spiro atoms. The van der Waals surface area contributed by atoms with Gasteiger partial charge in [-0.3, -0.25) is 4.99 Å². The van der Waals surface area contributed by atoms with Crippen LogP contribution in [0.1, 0.15) is 43.1 Å². The fourth-order valence-corrected chi connectivity index (χ4v) is 2.45. The summed E-state index contributed by atoms with van der Waals surface area (Å²) in [5, 5.41) is 10.1. The quantitative estimate of drug-likeness (QED) is 0.583. The molecule has 1 saturated carbocycles. The predicted octanol–water partition coefficient (Wildman–Crippen LogP) is 2.73. The molecule has 1 unspecified atom stereocenters. The smallest absolute Gasteiger partial charge is 0.223 e. The summed E-state index contributed by atoms with van der Waals surface area (Å²) in [7, 11) is 1.67. The standard InChI is InChI=1S/C18H24FN5O2/c1-11(22-18(20-3)21-9-17-23-12(2)26-24-17)14-6-7-16(15(19)8-14)25-10-13-4-5-13/h6-8,11,13H,4-5,9-10H2,1-3H3,(H2,20,21,22).